The fraction of sp³-hybridized carbons (Fsp3) is 0.184. The predicted octanol–water partition coefficient (Wildman–Crippen LogP) is 15.2. The van der Waals surface area contributed by atoms with Gasteiger partial charge in [-0.15, -0.1) is 0 Å². The number of halogens is 25. The van der Waals surface area contributed by atoms with E-state index < -0.39 is 195 Å². The first-order valence-corrected chi connectivity index (χ1v) is 22.0. The van der Waals surface area contributed by atoms with Crippen molar-refractivity contribution in [1.82, 2.24) is 4.98 Å². The van der Waals surface area contributed by atoms with Crippen LogP contribution in [0.25, 0.3) is 0 Å². The van der Waals surface area contributed by atoms with Crippen LogP contribution < -0.4 is 31.2 Å². The molecule has 0 aliphatic heterocycles. The highest BCUT2D eigenvalue weighted by Gasteiger charge is 2.47. The zero-order chi connectivity index (χ0) is 58.4. The van der Waals surface area contributed by atoms with Gasteiger partial charge in [-0.05, 0) is 48.5 Å². The molecule has 29 heteroatoms. The molecule has 0 radical (unpaired) electrons. The lowest BCUT2D eigenvalue weighted by molar-refractivity contribution is -0.689. The quantitative estimate of drug-likeness (QED) is 0.0861. The Kier molecular flexibility index (Phi) is 16.5. The smallest absolute Gasteiger partial charge is 0.416 e. The van der Waals surface area contributed by atoms with Gasteiger partial charge in [0, 0.05) is 10.0 Å². The number of benzene rings is 6. The molecule has 0 bridgehead atoms. The van der Waals surface area contributed by atoms with E-state index >= 15 is 0 Å². The second-order valence-corrected chi connectivity index (χ2v) is 17.7. The highest BCUT2D eigenvalue weighted by Crippen LogP contribution is 2.41. The van der Waals surface area contributed by atoms with E-state index in [9.17, 15) is 105 Å². The average Bonchev–Trinajstić information content (AvgIpc) is 3.35. The summed E-state index contributed by atoms with van der Waals surface area (Å²) in [6, 6.07) is 9.17. The molecule has 0 atom stereocenters. The van der Waals surface area contributed by atoms with Crippen molar-refractivity contribution >= 4 is 43.9 Å². The Labute approximate surface area is 430 Å². The van der Waals surface area contributed by atoms with Gasteiger partial charge in [-0.3, -0.25) is 0 Å². The molecule has 3 nitrogen and oxygen atoms in total. The number of ether oxygens (including phenoxy) is 1. The molecular formula is C49H26BBrF24N2O. The maximum atomic E-state index is 14.2. The number of hydrogen-bond donors (Lipinski definition) is 0. The van der Waals surface area contributed by atoms with Gasteiger partial charge in [-0.2, -0.15) is 132 Å². The van der Waals surface area contributed by atoms with E-state index in [-0.39, 0.29) is 0 Å². The van der Waals surface area contributed by atoms with Crippen molar-refractivity contribution in [2.75, 3.05) is 0 Å². The van der Waals surface area contributed by atoms with Crippen LogP contribution in [0.5, 0.6) is 11.6 Å². The molecule has 0 saturated heterocycles. The summed E-state index contributed by atoms with van der Waals surface area (Å²) in [7, 11) is 0. The highest BCUT2D eigenvalue weighted by molar-refractivity contribution is 9.10. The van der Waals surface area contributed by atoms with Gasteiger partial charge in [0.05, 0.1) is 50.7 Å². The topological polar surface area (TPSA) is 26.0 Å². The number of alkyl halides is 24. The normalized spacial score (nSPS) is 13.2. The van der Waals surface area contributed by atoms with Crippen LogP contribution in [0.2, 0.25) is 0 Å². The van der Waals surface area contributed by atoms with Gasteiger partial charge in [0.1, 0.15) is 11.9 Å². The predicted molar refractivity (Wildman–Crippen MR) is 234 cm³/mol. The highest BCUT2D eigenvalue weighted by atomic mass is 79.9. The summed E-state index contributed by atoms with van der Waals surface area (Å²) in [5.74, 6) is 1.35. The van der Waals surface area contributed by atoms with Crippen molar-refractivity contribution < 1.29 is 115 Å². The lowest BCUT2D eigenvalue weighted by atomic mass is 9.12. The van der Waals surface area contributed by atoms with E-state index in [1.54, 1.807) is 6.20 Å². The van der Waals surface area contributed by atoms with Crippen LogP contribution in [-0.4, -0.2) is 11.1 Å². The van der Waals surface area contributed by atoms with Gasteiger partial charge in [0.25, 0.3) is 5.88 Å². The number of hydrogen-bond acceptors (Lipinski definition) is 2. The van der Waals surface area contributed by atoms with Crippen LogP contribution in [0.3, 0.4) is 0 Å². The summed E-state index contributed by atoms with van der Waals surface area (Å²) in [6.45, 7) is 0.792. The molecule has 0 aliphatic rings. The Hall–Kier alpha value is -6.94. The van der Waals surface area contributed by atoms with Crippen LogP contribution in [0.15, 0.2) is 150 Å². The molecular weight excluding hydrogens is 1180 g/mol. The lowest BCUT2D eigenvalue weighted by Crippen LogP contribution is -2.75. The first-order chi connectivity index (χ1) is 35.6. The van der Waals surface area contributed by atoms with Gasteiger partial charge in [0.2, 0.25) is 6.20 Å². The number of nitrogens with zero attached hydrogens (tertiary/aromatic N) is 2. The Bertz CT molecular complexity index is 2810. The lowest BCUT2D eigenvalue weighted by Gasteiger charge is -2.46. The zero-order valence-electron chi connectivity index (χ0n) is 37.9. The Balaban J connectivity index is 0.000000387. The Morgan fingerprint density at radius 1 is 0.385 bits per heavy atom. The summed E-state index contributed by atoms with van der Waals surface area (Å²) < 4.78 is 350. The third-order valence-electron chi connectivity index (χ3n) is 11.4. The molecule has 1 heterocycles. The second kappa shape index (κ2) is 21.4. The number of rotatable bonds is 8. The van der Waals surface area contributed by atoms with E-state index in [1.807, 2.05) is 54.9 Å². The third-order valence-corrected chi connectivity index (χ3v) is 11.9. The van der Waals surface area contributed by atoms with E-state index in [2.05, 4.69) is 37.6 Å². The molecule has 78 heavy (non-hydrogen) atoms. The van der Waals surface area contributed by atoms with Crippen molar-refractivity contribution in [3.05, 3.63) is 201 Å². The van der Waals surface area contributed by atoms with E-state index in [0.29, 0.717) is 5.88 Å². The molecule has 0 N–H and O–H groups in total. The van der Waals surface area contributed by atoms with Crippen LogP contribution in [-0.2, 0) is 56.0 Å². The molecule has 7 rings (SSSR count). The Morgan fingerprint density at radius 3 is 0.936 bits per heavy atom. The molecule has 0 fully saturated rings. The van der Waals surface area contributed by atoms with E-state index in [0.717, 1.165) is 16.8 Å². The summed E-state index contributed by atoms with van der Waals surface area (Å²) in [5, 5.41) is 0. The summed E-state index contributed by atoms with van der Waals surface area (Å²) in [4.78, 5) is 4.24. The zero-order valence-corrected chi connectivity index (χ0v) is 39.5. The van der Waals surface area contributed by atoms with Crippen LogP contribution in [0.4, 0.5) is 105 Å². The fourth-order valence-corrected chi connectivity index (χ4v) is 8.31. The van der Waals surface area contributed by atoms with Gasteiger partial charge in [-0.25, -0.2) is 4.98 Å². The summed E-state index contributed by atoms with van der Waals surface area (Å²) in [6.07, 6.45) is -49.2. The molecule has 416 valence electrons. The molecule has 6 aromatic carbocycles. The number of aromatic nitrogens is 2. The molecule has 0 saturated carbocycles. The van der Waals surface area contributed by atoms with Crippen molar-refractivity contribution in [1.29, 1.82) is 0 Å². The first-order valence-electron chi connectivity index (χ1n) is 21.2. The standard InChI is InChI=1S/C32H12BF24.C17H14BrN2O/c34-25(35,36)13-1-14(26(37,38)39)6-21(5-13)33(22-7-15(27(40,41)42)2-16(8-22)28(43,44)45,23-9-17(29(46,47)48)3-18(10-23)30(49,50)51)24-11-19(31(52,53)54)4-20(12-24)32(55,56)57;18-15-6-8-16(9-7-15)21-17-13-20(11-10-19-17)12-14-4-2-1-3-5-14/h1-12H;1-11,13H,12H2/q-1;+1. The van der Waals surface area contributed by atoms with Gasteiger partial charge < -0.3 is 4.74 Å². The largest absolute Gasteiger partial charge is 0.434 e. The minimum absolute atomic E-state index is 0.579. The van der Waals surface area contributed by atoms with Gasteiger partial charge in [0.15, 0.2) is 12.7 Å². The van der Waals surface area contributed by atoms with Crippen LogP contribution in [0, 0.1) is 0 Å². The van der Waals surface area contributed by atoms with Crippen molar-refractivity contribution in [3.8, 4) is 11.6 Å². The average molecular weight is 1210 g/mol. The van der Waals surface area contributed by atoms with Gasteiger partial charge in [-0.1, -0.05) is 94.8 Å². The molecule has 1 aromatic heterocycles. The fourth-order valence-electron chi connectivity index (χ4n) is 8.05. The van der Waals surface area contributed by atoms with Crippen molar-refractivity contribution in [2.24, 2.45) is 0 Å². The van der Waals surface area contributed by atoms with Crippen LogP contribution >= 0.6 is 15.9 Å². The monoisotopic (exact) mass is 1200 g/mol. The minimum Gasteiger partial charge on any atom is -0.434 e. The van der Waals surface area contributed by atoms with E-state index in [4.69, 9.17) is 4.74 Å². The molecule has 0 amide bonds. The van der Waals surface area contributed by atoms with Crippen LogP contribution in [0.1, 0.15) is 50.1 Å². The maximum absolute atomic E-state index is 14.2. The van der Waals surface area contributed by atoms with E-state index in [1.165, 1.54) is 5.56 Å². The first kappa shape index (κ1) is 60.3. The molecule has 0 aliphatic carbocycles. The summed E-state index contributed by atoms with van der Waals surface area (Å²) in [5.41, 5.74) is -29.0. The molecule has 7 aromatic rings. The second-order valence-electron chi connectivity index (χ2n) is 16.8. The molecule has 0 spiro atoms. The SMILES string of the molecule is Brc1ccc(Oc2c[n+](Cc3ccccc3)ccn2)cc1.FC(F)(F)c1cc([B-](c2cc(C(F)(F)F)cc(C(F)(F)F)c2)(c2cc(C(F)(F)F)cc(C(F)(F)F)c2)c2cc(C(F)(F)F)cc(C(F)(F)F)c2)cc(C(F)(F)F)c1. The maximum Gasteiger partial charge on any atom is 0.416 e. The third kappa shape index (κ3) is 14.4. The van der Waals surface area contributed by atoms with Crippen molar-refractivity contribution in [2.45, 2.75) is 56.0 Å². The minimum atomic E-state index is -6.13. The van der Waals surface area contributed by atoms with Gasteiger partial charge >= 0.3 is 49.4 Å². The Morgan fingerprint density at radius 2 is 0.667 bits per heavy atom. The van der Waals surface area contributed by atoms with Crippen molar-refractivity contribution in [3.63, 3.8) is 0 Å². The summed E-state index contributed by atoms with van der Waals surface area (Å²) >= 11 is 3.40. The molecule has 0 unspecified atom stereocenters.